The van der Waals surface area contributed by atoms with Crippen LogP contribution in [0.3, 0.4) is 0 Å². The van der Waals surface area contributed by atoms with Gasteiger partial charge in [0, 0.05) is 18.7 Å². The first-order valence-electron chi connectivity index (χ1n) is 5.70. The minimum Gasteiger partial charge on any atom is -0.390 e. The summed E-state index contributed by atoms with van der Waals surface area (Å²) in [6.45, 7) is 1.88. The molecule has 0 saturated carbocycles. The third kappa shape index (κ3) is 2.25. The molecule has 1 saturated heterocycles. The van der Waals surface area contributed by atoms with E-state index < -0.39 is 0 Å². The van der Waals surface area contributed by atoms with Gasteiger partial charge in [0.25, 0.3) is 0 Å². The molecule has 0 bridgehead atoms. The van der Waals surface area contributed by atoms with Gasteiger partial charge in [-0.15, -0.1) is 0 Å². The van der Waals surface area contributed by atoms with E-state index in [2.05, 4.69) is 10.1 Å². The van der Waals surface area contributed by atoms with E-state index in [-0.39, 0.29) is 6.10 Å². The average molecular weight is 266 g/mol. The third-order valence-electron chi connectivity index (χ3n) is 2.88. The molecule has 0 radical (unpaired) electrons. The minimum atomic E-state index is -0.226. The monoisotopic (exact) mass is 265 g/mol. The second-order valence-electron chi connectivity index (χ2n) is 4.34. The molecule has 0 aliphatic carbocycles. The van der Waals surface area contributed by atoms with E-state index in [0.29, 0.717) is 36.4 Å². The Hall–Kier alpha value is -1.43. The van der Waals surface area contributed by atoms with Gasteiger partial charge >= 0.3 is 0 Å². The predicted octanol–water partition coefficient (Wildman–Crippen LogP) is 1.57. The number of nitrogens with zero attached hydrogens (tertiary/aromatic N) is 3. The SMILES string of the molecule is OC1CN(Cc2nc(-c3ccccc3Cl)no2)C1. The summed E-state index contributed by atoms with van der Waals surface area (Å²) in [5, 5.41) is 13.7. The van der Waals surface area contributed by atoms with Crippen LogP contribution in [0.5, 0.6) is 0 Å². The Kier molecular flexibility index (Phi) is 3.03. The molecule has 0 atom stereocenters. The maximum atomic E-state index is 9.19. The molecule has 6 heteroatoms. The molecule has 1 aliphatic heterocycles. The Labute approximate surface area is 109 Å². The molecule has 2 aromatic rings. The van der Waals surface area contributed by atoms with Crippen LogP contribution in [0.1, 0.15) is 5.89 Å². The molecule has 5 nitrogen and oxygen atoms in total. The molecule has 3 rings (SSSR count). The van der Waals surface area contributed by atoms with Crippen LogP contribution in [0.15, 0.2) is 28.8 Å². The highest BCUT2D eigenvalue weighted by atomic mass is 35.5. The summed E-state index contributed by atoms with van der Waals surface area (Å²) in [7, 11) is 0. The van der Waals surface area contributed by atoms with Crippen molar-refractivity contribution < 1.29 is 9.63 Å². The van der Waals surface area contributed by atoms with E-state index >= 15 is 0 Å². The van der Waals surface area contributed by atoms with Crippen LogP contribution in [0.25, 0.3) is 11.4 Å². The lowest BCUT2D eigenvalue weighted by molar-refractivity contribution is -0.00806. The van der Waals surface area contributed by atoms with Gasteiger partial charge < -0.3 is 9.63 Å². The number of halogens is 1. The van der Waals surface area contributed by atoms with E-state index in [0.717, 1.165) is 5.56 Å². The van der Waals surface area contributed by atoms with Gasteiger partial charge in [-0.25, -0.2) is 0 Å². The fourth-order valence-electron chi connectivity index (χ4n) is 1.93. The molecule has 1 N–H and O–H groups in total. The summed E-state index contributed by atoms with van der Waals surface area (Å²) in [6, 6.07) is 7.38. The zero-order valence-corrected chi connectivity index (χ0v) is 10.3. The van der Waals surface area contributed by atoms with Gasteiger partial charge in [-0.3, -0.25) is 4.90 Å². The molecule has 1 aromatic carbocycles. The van der Waals surface area contributed by atoms with Crippen LogP contribution in [0.4, 0.5) is 0 Å². The molecule has 1 fully saturated rings. The Morgan fingerprint density at radius 2 is 2.17 bits per heavy atom. The maximum absolute atomic E-state index is 9.19. The van der Waals surface area contributed by atoms with E-state index in [1.165, 1.54) is 0 Å². The lowest BCUT2D eigenvalue weighted by Gasteiger charge is -2.34. The highest BCUT2D eigenvalue weighted by Crippen LogP contribution is 2.25. The second-order valence-corrected chi connectivity index (χ2v) is 4.75. The van der Waals surface area contributed by atoms with E-state index in [1.807, 2.05) is 23.1 Å². The number of hydrogen-bond donors (Lipinski definition) is 1. The highest BCUT2D eigenvalue weighted by molar-refractivity contribution is 6.33. The Morgan fingerprint density at radius 1 is 1.39 bits per heavy atom. The van der Waals surface area contributed by atoms with E-state index in [9.17, 15) is 5.11 Å². The Balaban J connectivity index is 1.75. The molecule has 0 amide bonds. The van der Waals surface area contributed by atoms with Crippen molar-refractivity contribution in [1.29, 1.82) is 0 Å². The Morgan fingerprint density at radius 3 is 2.89 bits per heavy atom. The molecule has 0 unspecified atom stereocenters. The van der Waals surface area contributed by atoms with Crippen molar-refractivity contribution in [2.75, 3.05) is 13.1 Å². The van der Waals surface area contributed by atoms with Crippen molar-refractivity contribution in [3.63, 3.8) is 0 Å². The molecular formula is C12H12ClN3O2. The summed E-state index contributed by atoms with van der Waals surface area (Å²) >= 11 is 6.07. The lowest BCUT2D eigenvalue weighted by Crippen LogP contribution is -2.49. The number of rotatable bonds is 3. The zero-order valence-electron chi connectivity index (χ0n) is 9.58. The molecule has 18 heavy (non-hydrogen) atoms. The standard InChI is InChI=1S/C12H12ClN3O2/c13-10-4-2-1-3-9(10)12-14-11(18-15-12)7-16-5-8(17)6-16/h1-4,8,17H,5-7H2. The third-order valence-corrected chi connectivity index (χ3v) is 3.21. The van der Waals surface area contributed by atoms with Crippen LogP contribution in [0, 0.1) is 0 Å². The summed E-state index contributed by atoms with van der Waals surface area (Å²) in [4.78, 5) is 6.34. The van der Waals surface area contributed by atoms with Crippen LogP contribution in [0.2, 0.25) is 5.02 Å². The molecule has 2 heterocycles. The van der Waals surface area contributed by atoms with Crippen LogP contribution in [-0.2, 0) is 6.54 Å². The normalized spacial score (nSPS) is 16.8. The van der Waals surface area contributed by atoms with Crippen molar-refractivity contribution in [3.8, 4) is 11.4 Å². The summed E-state index contributed by atoms with van der Waals surface area (Å²) < 4.78 is 5.17. The van der Waals surface area contributed by atoms with Crippen molar-refractivity contribution in [2.24, 2.45) is 0 Å². The predicted molar refractivity (Wildman–Crippen MR) is 66.0 cm³/mol. The fraction of sp³-hybridized carbons (Fsp3) is 0.333. The topological polar surface area (TPSA) is 62.4 Å². The number of aromatic nitrogens is 2. The molecule has 0 spiro atoms. The first-order chi connectivity index (χ1) is 8.72. The zero-order chi connectivity index (χ0) is 12.5. The van der Waals surface area contributed by atoms with Gasteiger partial charge in [0.05, 0.1) is 17.7 Å². The van der Waals surface area contributed by atoms with Crippen molar-refractivity contribution >= 4 is 11.6 Å². The minimum absolute atomic E-state index is 0.226. The van der Waals surface area contributed by atoms with Crippen LogP contribution >= 0.6 is 11.6 Å². The quantitative estimate of drug-likeness (QED) is 0.913. The van der Waals surface area contributed by atoms with Crippen molar-refractivity contribution in [3.05, 3.63) is 35.2 Å². The van der Waals surface area contributed by atoms with Gasteiger partial charge in [-0.05, 0) is 12.1 Å². The van der Waals surface area contributed by atoms with Crippen LogP contribution < -0.4 is 0 Å². The summed E-state index contributed by atoms with van der Waals surface area (Å²) in [5.41, 5.74) is 0.762. The Bertz CT molecular complexity index is 552. The highest BCUT2D eigenvalue weighted by Gasteiger charge is 2.26. The van der Waals surface area contributed by atoms with Gasteiger partial charge in [-0.2, -0.15) is 4.98 Å². The maximum Gasteiger partial charge on any atom is 0.241 e. The fourth-order valence-corrected chi connectivity index (χ4v) is 2.15. The van der Waals surface area contributed by atoms with Crippen molar-refractivity contribution in [1.82, 2.24) is 15.0 Å². The number of aliphatic hydroxyl groups is 1. The number of hydrogen-bond acceptors (Lipinski definition) is 5. The summed E-state index contributed by atoms with van der Waals surface area (Å²) in [6.07, 6.45) is -0.226. The van der Waals surface area contributed by atoms with E-state index in [1.54, 1.807) is 6.07 Å². The lowest BCUT2D eigenvalue weighted by atomic mass is 10.2. The number of benzene rings is 1. The number of aliphatic hydroxyl groups excluding tert-OH is 1. The average Bonchev–Trinajstić information content (AvgIpc) is 2.76. The number of β-amino-alcohol motifs (C(OH)–C–C–N with tert-alkyl or cyclic N) is 1. The second kappa shape index (κ2) is 4.68. The molecule has 1 aromatic heterocycles. The van der Waals surface area contributed by atoms with Gasteiger partial charge in [0.2, 0.25) is 11.7 Å². The molecule has 1 aliphatic rings. The smallest absolute Gasteiger partial charge is 0.241 e. The largest absolute Gasteiger partial charge is 0.390 e. The number of likely N-dealkylation sites (tertiary alicyclic amines) is 1. The van der Waals surface area contributed by atoms with E-state index in [4.69, 9.17) is 16.1 Å². The molecular weight excluding hydrogens is 254 g/mol. The van der Waals surface area contributed by atoms with Crippen LogP contribution in [-0.4, -0.2) is 39.3 Å². The summed E-state index contributed by atoms with van der Waals surface area (Å²) in [5.74, 6) is 1.04. The van der Waals surface area contributed by atoms with Gasteiger partial charge in [-0.1, -0.05) is 28.9 Å². The first kappa shape index (κ1) is 11.6. The van der Waals surface area contributed by atoms with Gasteiger partial charge in [0.1, 0.15) is 0 Å². The van der Waals surface area contributed by atoms with Crippen molar-refractivity contribution in [2.45, 2.75) is 12.6 Å². The first-order valence-corrected chi connectivity index (χ1v) is 6.08. The van der Waals surface area contributed by atoms with Gasteiger partial charge in [0.15, 0.2) is 0 Å². The molecule has 94 valence electrons.